The molecule has 0 unspecified atom stereocenters. The Kier molecular flexibility index (Phi) is 5.06. The number of nitrogens with one attached hydrogen (secondary N) is 1. The topological polar surface area (TPSA) is 62.2 Å². The smallest absolute Gasteiger partial charge is 0.270 e. The molecule has 2 N–H and O–H groups in total. The molecule has 0 saturated carbocycles. The van der Waals surface area contributed by atoms with E-state index in [1.807, 2.05) is 18.2 Å². The first-order valence-corrected chi connectivity index (χ1v) is 7.05. The molecule has 0 bridgehead atoms. The van der Waals surface area contributed by atoms with Crippen molar-refractivity contribution in [3.05, 3.63) is 52.0 Å². The first-order valence-electron chi connectivity index (χ1n) is 6.17. The Bertz CT molecular complexity index is 525. The third-order valence-corrected chi connectivity index (χ3v) is 3.56. The minimum absolute atomic E-state index is 0.0588. The van der Waals surface area contributed by atoms with Gasteiger partial charge in [-0.15, -0.1) is 11.3 Å². The number of thiazole rings is 1. The van der Waals surface area contributed by atoms with Gasteiger partial charge in [0.05, 0.1) is 11.6 Å². The fourth-order valence-corrected chi connectivity index (χ4v) is 2.46. The van der Waals surface area contributed by atoms with Gasteiger partial charge in [-0.05, 0) is 12.0 Å². The van der Waals surface area contributed by atoms with Crippen LogP contribution in [0.1, 0.15) is 21.1 Å². The molecular weight excluding hydrogens is 260 g/mol. The first kappa shape index (κ1) is 13.7. The van der Waals surface area contributed by atoms with Gasteiger partial charge in [0.25, 0.3) is 5.91 Å². The van der Waals surface area contributed by atoms with Gasteiger partial charge in [-0.2, -0.15) is 0 Å². The number of nitrogens with zero attached hydrogens (tertiary/aromatic N) is 1. The van der Waals surface area contributed by atoms with Gasteiger partial charge in [0.1, 0.15) is 5.69 Å². The van der Waals surface area contributed by atoms with Gasteiger partial charge in [0, 0.05) is 18.3 Å². The third-order valence-electron chi connectivity index (χ3n) is 2.65. The molecule has 0 aliphatic carbocycles. The lowest BCUT2D eigenvalue weighted by atomic mass is 10.1. The lowest BCUT2D eigenvalue weighted by Crippen LogP contribution is -2.26. The van der Waals surface area contributed by atoms with Gasteiger partial charge in [-0.3, -0.25) is 4.79 Å². The lowest BCUT2D eigenvalue weighted by Gasteiger charge is -1.99. The van der Waals surface area contributed by atoms with Crippen LogP contribution in [0.2, 0.25) is 0 Å². The van der Waals surface area contributed by atoms with Gasteiger partial charge in [0.15, 0.2) is 0 Å². The summed E-state index contributed by atoms with van der Waals surface area (Å²) in [4.78, 5) is 15.9. The molecule has 1 heterocycles. The SMILES string of the molecule is O=C(NCCO)c1csc(CCc2ccccc2)n1. The molecule has 1 aromatic carbocycles. The van der Waals surface area contributed by atoms with E-state index < -0.39 is 0 Å². The van der Waals surface area contributed by atoms with E-state index in [0.717, 1.165) is 17.8 Å². The Hall–Kier alpha value is -1.72. The van der Waals surface area contributed by atoms with E-state index in [-0.39, 0.29) is 19.1 Å². The molecule has 0 spiro atoms. The number of aromatic nitrogens is 1. The summed E-state index contributed by atoms with van der Waals surface area (Å²) in [5.74, 6) is -0.226. The van der Waals surface area contributed by atoms with Crippen molar-refractivity contribution in [3.63, 3.8) is 0 Å². The minimum atomic E-state index is -0.226. The fourth-order valence-electron chi connectivity index (χ4n) is 1.69. The van der Waals surface area contributed by atoms with E-state index in [1.165, 1.54) is 16.9 Å². The van der Waals surface area contributed by atoms with Crippen molar-refractivity contribution in [2.24, 2.45) is 0 Å². The third kappa shape index (κ3) is 4.15. The molecule has 4 nitrogen and oxygen atoms in total. The highest BCUT2D eigenvalue weighted by Crippen LogP contribution is 2.13. The zero-order valence-corrected chi connectivity index (χ0v) is 11.3. The van der Waals surface area contributed by atoms with Crippen LogP contribution in [0.25, 0.3) is 0 Å². The van der Waals surface area contributed by atoms with Gasteiger partial charge >= 0.3 is 0 Å². The number of hydrogen-bond acceptors (Lipinski definition) is 4. The quantitative estimate of drug-likeness (QED) is 0.843. The highest BCUT2D eigenvalue weighted by molar-refractivity contribution is 7.09. The second kappa shape index (κ2) is 7.01. The van der Waals surface area contributed by atoms with Gasteiger partial charge in [-0.25, -0.2) is 4.98 Å². The van der Waals surface area contributed by atoms with Gasteiger partial charge in [0.2, 0.25) is 0 Å². The van der Waals surface area contributed by atoms with Crippen molar-refractivity contribution in [1.29, 1.82) is 0 Å². The van der Waals surface area contributed by atoms with E-state index in [9.17, 15) is 4.79 Å². The summed E-state index contributed by atoms with van der Waals surface area (Å²) in [7, 11) is 0. The Labute approximate surface area is 116 Å². The van der Waals surface area contributed by atoms with Crippen LogP contribution in [-0.2, 0) is 12.8 Å². The molecule has 0 fully saturated rings. The molecule has 0 aliphatic heterocycles. The minimum Gasteiger partial charge on any atom is -0.395 e. The second-order valence-electron chi connectivity index (χ2n) is 4.09. The van der Waals surface area contributed by atoms with Gasteiger partial charge < -0.3 is 10.4 Å². The number of aryl methyl sites for hydroxylation is 2. The highest BCUT2D eigenvalue weighted by Gasteiger charge is 2.09. The van der Waals surface area contributed by atoms with Crippen LogP contribution in [0.15, 0.2) is 35.7 Å². The second-order valence-corrected chi connectivity index (χ2v) is 5.03. The van der Waals surface area contributed by atoms with Crippen molar-refractivity contribution in [2.75, 3.05) is 13.2 Å². The monoisotopic (exact) mass is 276 g/mol. The van der Waals surface area contributed by atoms with Crippen LogP contribution < -0.4 is 5.32 Å². The van der Waals surface area contributed by atoms with Gasteiger partial charge in [-0.1, -0.05) is 30.3 Å². The zero-order valence-electron chi connectivity index (χ0n) is 10.5. The van der Waals surface area contributed by atoms with E-state index in [2.05, 4.69) is 22.4 Å². The first-order chi connectivity index (χ1) is 9.29. The van der Waals surface area contributed by atoms with Crippen LogP contribution in [0.5, 0.6) is 0 Å². The molecule has 19 heavy (non-hydrogen) atoms. The van der Waals surface area contributed by atoms with Crippen LogP contribution in [0, 0.1) is 0 Å². The van der Waals surface area contributed by atoms with Crippen LogP contribution >= 0.6 is 11.3 Å². The highest BCUT2D eigenvalue weighted by atomic mass is 32.1. The summed E-state index contributed by atoms with van der Waals surface area (Å²) in [5.41, 5.74) is 1.70. The number of benzene rings is 1. The maximum absolute atomic E-state index is 11.6. The Morgan fingerprint density at radius 3 is 2.79 bits per heavy atom. The predicted octanol–water partition coefficient (Wildman–Crippen LogP) is 1.65. The zero-order chi connectivity index (χ0) is 13.5. The summed E-state index contributed by atoms with van der Waals surface area (Å²) >= 11 is 1.50. The standard InChI is InChI=1S/C14H16N2O2S/c17-9-8-15-14(18)12-10-19-13(16-12)7-6-11-4-2-1-3-5-11/h1-5,10,17H,6-9H2,(H,15,18). The summed E-state index contributed by atoms with van der Waals surface area (Å²) < 4.78 is 0. The number of carbonyl (C=O) groups excluding carboxylic acids is 1. The molecular formula is C14H16N2O2S. The molecule has 100 valence electrons. The van der Waals surface area contributed by atoms with Crippen molar-refractivity contribution in [3.8, 4) is 0 Å². The maximum atomic E-state index is 11.6. The molecule has 1 amide bonds. The van der Waals surface area contributed by atoms with Crippen LogP contribution in [-0.4, -0.2) is 29.1 Å². The number of aliphatic hydroxyl groups is 1. The number of aliphatic hydroxyl groups excluding tert-OH is 1. The Morgan fingerprint density at radius 2 is 2.05 bits per heavy atom. The molecule has 2 aromatic rings. The normalized spacial score (nSPS) is 10.4. The van der Waals surface area contributed by atoms with Crippen molar-refractivity contribution >= 4 is 17.2 Å². The predicted molar refractivity (Wildman–Crippen MR) is 75.4 cm³/mol. The van der Waals surface area contributed by atoms with E-state index in [4.69, 9.17) is 5.11 Å². The molecule has 0 saturated heterocycles. The average molecular weight is 276 g/mol. The number of rotatable bonds is 6. The Morgan fingerprint density at radius 1 is 1.26 bits per heavy atom. The number of amides is 1. The largest absolute Gasteiger partial charge is 0.395 e. The maximum Gasteiger partial charge on any atom is 0.270 e. The molecule has 0 radical (unpaired) electrons. The lowest BCUT2D eigenvalue weighted by molar-refractivity contribution is 0.0940. The van der Waals surface area contributed by atoms with Crippen molar-refractivity contribution < 1.29 is 9.90 Å². The summed E-state index contributed by atoms with van der Waals surface area (Å²) in [6.07, 6.45) is 1.76. The van der Waals surface area contributed by atoms with Crippen molar-refractivity contribution in [2.45, 2.75) is 12.8 Å². The summed E-state index contributed by atoms with van der Waals surface area (Å²) in [5, 5.41) is 13.9. The van der Waals surface area contributed by atoms with E-state index >= 15 is 0 Å². The van der Waals surface area contributed by atoms with Crippen molar-refractivity contribution in [1.82, 2.24) is 10.3 Å². The summed E-state index contributed by atoms with van der Waals surface area (Å²) in [6, 6.07) is 10.2. The van der Waals surface area contributed by atoms with E-state index in [1.54, 1.807) is 5.38 Å². The molecule has 1 aromatic heterocycles. The Balaban J connectivity index is 1.89. The van der Waals surface area contributed by atoms with E-state index in [0.29, 0.717) is 5.69 Å². The number of hydrogen-bond donors (Lipinski definition) is 2. The number of carbonyl (C=O) groups is 1. The van der Waals surface area contributed by atoms with Crippen LogP contribution in [0.3, 0.4) is 0 Å². The van der Waals surface area contributed by atoms with Crippen LogP contribution in [0.4, 0.5) is 0 Å². The molecule has 2 rings (SSSR count). The average Bonchev–Trinajstić information content (AvgIpc) is 2.92. The molecule has 0 atom stereocenters. The molecule has 0 aliphatic rings. The summed E-state index contributed by atoms with van der Waals surface area (Å²) in [6.45, 7) is 0.201. The fraction of sp³-hybridized carbons (Fsp3) is 0.286. The molecule has 5 heteroatoms.